The van der Waals surface area contributed by atoms with Crippen molar-refractivity contribution in [3.05, 3.63) is 82.9 Å². The second-order valence-corrected chi connectivity index (χ2v) is 9.41. The van der Waals surface area contributed by atoms with Crippen LogP contribution in [0.25, 0.3) is 11.1 Å². The topological polar surface area (TPSA) is 79.3 Å². The first-order valence-corrected chi connectivity index (χ1v) is 12.2. The lowest BCUT2D eigenvalue weighted by Crippen LogP contribution is -2.27. The van der Waals surface area contributed by atoms with Gasteiger partial charge in [-0.15, -0.1) is 0 Å². The highest BCUT2D eigenvalue weighted by molar-refractivity contribution is 5.97. The summed E-state index contributed by atoms with van der Waals surface area (Å²) in [7, 11) is 0. The van der Waals surface area contributed by atoms with Gasteiger partial charge in [0.05, 0.1) is 11.6 Å². The van der Waals surface area contributed by atoms with Crippen LogP contribution in [0.5, 0.6) is 0 Å². The van der Waals surface area contributed by atoms with Crippen LogP contribution in [0.4, 0.5) is 10.1 Å². The Morgan fingerprint density at radius 2 is 1.80 bits per heavy atom. The monoisotopic (exact) mass is 474 g/mol. The second kappa shape index (κ2) is 10.8. The number of nitrogens with zero attached hydrogens (tertiary/aromatic N) is 1. The Morgan fingerprint density at radius 1 is 1.09 bits per heavy atom. The van der Waals surface area contributed by atoms with Gasteiger partial charge in [0.2, 0.25) is 5.91 Å². The van der Waals surface area contributed by atoms with E-state index < -0.39 is 5.97 Å². The summed E-state index contributed by atoms with van der Waals surface area (Å²) in [6, 6.07) is 14.9. The normalized spacial score (nSPS) is 14.6. The molecule has 182 valence electrons. The van der Waals surface area contributed by atoms with Crippen LogP contribution in [0.3, 0.4) is 0 Å². The largest absolute Gasteiger partial charge is 0.481 e. The number of amides is 1. The fraction of sp³-hybridized carbons (Fsp3) is 0.345. The third-order valence-electron chi connectivity index (χ3n) is 7.09. The zero-order chi connectivity index (χ0) is 24.9. The summed E-state index contributed by atoms with van der Waals surface area (Å²) in [5, 5.41) is 12.2. The Balaban J connectivity index is 1.58. The summed E-state index contributed by atoms with van der Waals surface area (Å²) in [5.74, 6) is -1.26. The summed E-state index contributed by atoms with van der Waals surface area (Å²) >= 11 is 0. The molecule has 1 aromatic heterocycles. The number of aromatic nitrogens is 1. The first kappa shape index (κ1) is 24.6. The summed E-state index contributed by atoms with van der Waals surface area (Å²) in [4.78, 5) is 28.7. The maximum absolute atomic E-state index is 14.0. The molecular weight excluding hydrogens is 443 g/mol. The van der Waals surface area contributed by atoms with E-state index in [-0.39, 0.29) is 30.0 Å². The van der Waals surface area contributed by atoms with Crippen LogP contribution in [0, 0.1) is 25.6 Å². The summed E-state index contributed by atoms with van der Waals surface area (Å²) < 4.78 is 14.0. The molecule has 0 aliphatic heterocycles. The molecule has 1 saturated carbocycles. The standard InChI is InChI=1S/C29H31FN2O3/c1-18-20(14-15-27(33)34)8-5-9-26(18)32-29(35)28(22-6-3-4-7-22)23-12-10-21(11-13-23)24-16-25(30)19(2)31-17-24/h5,8-13,16-17,22,28H,3-4,6-7,14-15H2,1-2H3,(H,32,35)(H,33,34). The number of rotatable bonds is 8. The molecule has 1 fully saturated rings. The van der Waals surface area contributed by atoms with Gasteiger partial charge >= 0.3 is 5.97 Å². The van der Waals surface area contributed by atoms with Crippen molar-refractivity contribution in [2.75, 3.05) is 5.32 Å². The van der Waals surface area contributed by atoms with Crippen molar-refractivity contribution >= 4 is 17.6 Å². The van der Waals surface area contributed by atoms with Crippen molar-refractivity contribution in [2.45, 2.75) is 58.3 Å². The molecule has 0 saturated heterocycles. The lowest BCUT2D eigenvalue weighted by atomic mass is 9.83. The minimum absolute atomic E-state index is 0.0498. The lowest BCUT2D eigenvalue weighted by molar-refractivity contribution is -0.137. The van der Waals surface area contributed by atoms with Crippen molar-refractivity contribution in [2.24, 2.45) is 5.92 Å². The molecule has 6 heteroatoms. The highest BCUT2D eigenvalue weighted by Gasteiger charge is 2.32. The van der Waals surface area contributed by atoms with Crippen molar-refractivity contribution in [1.82, 2.24) is 4.98 Å². The quantitative estimate of drug-likeness (QED) is 0.394. The molecule has 1 aliphatic carbocycles. The third-order valence-corrected chi connectivity index (χ3v) is 7.09. The van der Waals surface area contributed by atoms with Gasteiger partial charge in [-0.3, -0.25) is 14.6 Å². The number of aliphatic carboxylic acids is 1. The Bertz CT molecular complexity index is 1220. The van der Waals surface area contributed by atoms with E-state index in [1.165, 1.54) is 6.07 Å². The fourth-order valence-corrected chi connectivity index (χ4v) is 5.02. The van der Waals surface area contributed by atoms with Crippen LogP contribution in [0.1, 0.15) is 60.4 Å². The predicted molar refractivity (Wildman–Crippen MR) is 135 cm³/mol. The van der Waals surface area contributed by atoms with Gasteiger partial charge in [0, 0.05) is 23.9 Å². The zero-order valence-corrected chi connectivity index (χ0v) is 20.2. The predicted octanol–water partition coefficient (Wildman–Crippen LogP) is 6.43. The molecule has 35 heavy (non-hydrogen) atoms. The number of benzene rings is 2. The van der Waals surface area contributed by atoms with Crippen molar-refractivity contribution in [3.8, 4) is 11.1 Å². The summed E-state index contributed by atoms with van der Waals surface area (Å²) in [5.41, 5.74) is 5.41. The molecule has 2 N–H and O–H groups in total. The fourth-order valence-electron chi connectivity index (χ4n) is 5.02. The molecule has 2 aromatic carbocycles. The number of halogens is 1. The minimum Gasteiger partial charge on any atom is -0.481 e. The molecule has 1 amide bonds. The van der Waals surface area contributed by atoms with Gasteiger partial charge in [0.25, 0.3) is 0 Å². The first-order chi connectivity index (χ1) is 16.8. The number of hydrogen-bond donors (Lipinski definition) is 2. The maximum atomic E-state index is 14.0. The van der Waals surface area contributed by atoms with E-state index in [9.17, 15) is 14.0 Å². The number of carbonyl (C=O) groups excluding carboxylic acids is 1. The van der Waals surface area contributed by atoms with E-state index in [0.29, 0.717) is 17.7 Å². The Hall–Kier alpha value is -3.54. The number of carbonyl (C=O) groups is 2. The number of nitrogens with one attached hydrogen (secondary N) is 1. The van der Waals surface area contributed by atoms with Crippen LogP contribution in [0.2, 0.25) is 0 Å². The van der Waals surface area contributed by atoms with Crippen molar-refractivity contribution < 1.29 is 19.1 Å². The van der Waals surface area contributed by atoms with Crippen LogP contribution >= 0.6 is 0 Å². The molecule has 1 unspecified atom stereocenters. The van der Waals surface area contributed by atoms with Crippen LogP contribution in [-0.2, 0) is 16.0 Å². The van der Waals surface area contributed by atoms with E-state index in [1.807, 2.05) is 49.4 Å². The second-order valence-electron chi connectivity index (χ2n) is 9.41. The van der Waals surface area contributed by atoms with Gasteiger partial charge in [0.15, 0.2) is 0 Å². The van der Waals surface area contributed by atoms with Crippen molar-refractivity contribution in [3.63, 3.8) is 0 Å². The number of anilines is 1. The Labute approximate surface area is 205 Å². The van der Waals surface area contributed by atoms with Crippen LogP contribution in [0.15, 0.2) is 54.7 Å². The first-order valence-electron chi connectivity index (χ1n) is 12.2. The van der Waals surface area contributed by atoms with E-state index >= 15 is 0 Å². The number of hydrogen-bond acceptors (Lipinski definition) is 3. The van der Waals surface area contributed by atoms with Gasteiger partial charge in [-0.25, -0.2) is 4.39 Å². The van der Waals surface area contributed by atoms with E-state index in [0.717, 1.165) is 53.6 Å². The molecule has 0 spiro atoms. The van der Waals surface area contributed by atoms with Crippen LogP contribution < -0.4 is 5.32 Å². The average Bonchev–Trinajstić information content (AvgIpc) is 3.36. The SMILES string of the molecule is Cc1ncc(-c2ccc(C(C(=O)Nc3cccc(CCC(=O)O)c3C)C3CCCC3)cc2)cc1F. The highest BCUT2D eigenvalue weighted by atomic mass is 19.1. The van der Waals surface area contributed by atoms with E-state index in [2.05, 4.69) is 10.3 Å². The number of pyridine rings is 1. The number of carboxylic acids is 1. The Kier molecular flexibility index (Phi) is 7.59. The van der Waals surface area contributed by atoms with Crippen LogP contribution in [-0.4, -0.2) is 22.0 Å². The lowest BCUT2D eigenvalue weighted by Gasteiger charge is -2.24. The third kappa shape index (κ3) is 5.76. The number of aryl methyl sites for hydroxylation is 2. The Morgan fingerprint density at radius 3 is 2.46 bits per heavy atom. The van der Waals surface area contributed by atoms with E-state index in [1.54, 1.807) is 13.1 Å². The number of carboxylic acid groups (broad SMARTS) is 1. The smallest absolute Gasteiger partial charge is 0.303 e. The van der Waals surface area contributed by atoms with Gasteiger partial charge in [-0.05, 0) is 73.4 Å². The molecule has 1 atom stereocenters. The zero-order valence-electron chi connectivity index (χ0n) is 20.2. The molecule has 1 aliphatic rings. The minimum atomic E-state index is -0.840. The van der Waals surface area contributed by atoms with Gasteiger partial charge in [0.1, 0.15) is 5.82 Å². The molecule has 0 bridgehead atoms. The molecule has 0 radical (unpaired) electrons. The molecule has 3 aromatic rings. The van der Waals surface area contributed by atoms with Crippen molar-refractivity contribution in [1.29, 1.82) is 0 Å². The van der Waals surface area contributed by atoms with Gasteiger partial charge in [-0.1, -0.05) is 49.2 Å². The van der Waals surface area contributed by atoms with E-state index in [4.69, 9.17) is 5.11 Å². The molecule has 4 rings (SSSR count). The highest BCUT2D eigenvalue weighted by Crippen LogP contribution is 2.39. The molecule has 5 nitrogen and oxygen atoms in total. The average molecular weight is 475 g/mol. The molecular formula is C29H31FN2O3. The molecule has 1 heterocycles. The van der Waals surface area contributed by atoms with Gasteiger partial charge < -0.3 is 10.4 Å². The maximum Gasteiger partial charge on any atom is 0.303 e. The van der Waals surface area contributed by atoms with Gasteiger partial charge in [-0.2, -0.15) is 0 Å². The summed E-state index contributed by atoms with van der Waals surface area (Å²) in [6.45, 7) is 3.55. The summed E-state index contributed by atoms with van der Waals surface area (Å²) in [6.07, 6.45) is 6.38.